The van der Waals surface area contributed by atoms with Gasteiger partial charge in [0, 0.05) is 11.9 Å². The van der Waals surface area contributed by atoms with E-state index in [1.165, 1.54) is 0 Å². The molecule has 0 atom stereocenters. The molecule has 1 aromatic carbocycles. The number of hydrogen-bond donors (Lipinski definition) is 0. The van der Waals surface area contributed by atoms with Crippen LogP contribution in [0, 0.1) is 0 Å². The highest BCUT2D eigenvalue weighted by Crippen LogP contribution is 2.30. The minimum absolute atomic E-state index is 0.509. The number of rotatable bonds is 6. The summed E-state index contributed by atoms with van der Waals surface area (Å²) in [6.07, 6.45) is 1.68. The summed E-state index contributed by atoms with van der Waals surface area (Å²) in [7, 11) is 0. The summed E-state index contributed by atoms with van der Waals surface area (Å²) in [5, 5.41) is 10.0. The zero-order chi connectivity index (χ0) is 18.6. The van der Waals surface area contributed by atoms with Crippen LogP contribution in [0.5, 0.6) is 0 Å². The molecule has 4 aromatic rings. The predicted octanol–water partition coefficient (Wildman–Crippen LogP) is 5.69. The number of hydrogen-bond acceptors (Lipinski definition) is 5. The molecule has 8 heteroatoms. The van der Waals surface area contributed by atoms with E-state index in [1.54, 1.807) is 18.0 Å². The number of aromatic nitrogens is 4. The second-order valence-corrected chi connectivity index (χ2v) is 7.81. The lowest BCUT2D eigenvalue weighted by Crippen LogP contribution is -2.04. The second kappa shape index (κ2) is 8.29. The van der Waals surface area contributed by atoms with Crippen molar-refractivity contribution in [3.8, 4) is 11.6 Å². The van der Waals surface area contributed by atoms with E-state index in [0.717, 1.165) is 16.3 Å². The average Bonchev–Trinajstić information content (AvgIpc) is 3.28. The molecule has 0 fully saturated rings. The first-order valence-electron chi connectivity index (χ1n) is 8.16. The molecule has 0 aliphatic rings. The Labute approximate surface area is 173 Å². The number of furan rings is 1. The lowest BCUT2D eigenvalue weighted by atomic mass is 10.2. The molecular weight excluding hydrogens is 448 g/mol. The van der Waals surface area contributed by atoms with E-state index in [0.29, 0.717) is 33.7 Å². The molecule has 3 aromatic heterocycles. The molecule has 5 nitrogen and oxygen atoms in total. The molecule has 3 heterocycles. The Morgan fingerprint density at radius 1 is 1.04 bits per heavy atom. The van der Waals surface area contributed by atoms with Crippen molar-refractivity contribution >= 4 is 39.3 Å². The van der Waals surface area contributed by atoms with Gasteiger partial charge in [-0.25, -0.2) is 4.98 Å². The molecule has 0 aliphatic carbocycles. The van der Waals surface area contributed by atoms with E-state index in [-0.39, 0.29) is 0 Å². The highest BCUT2D eigenvalue weighted by atomic mass is 79.9. The molecular formula is C19H14BrClN4OS. The average molecular weight is 462 g/mol. The number of pyridine rings is 1. The Kier molecular flexibility index (Phi) is 5.61. The summed E-state index contributed by atoms with van der Waals surface area (Å²) >= 11 is 11.1. The molecule has 0 radical (unpaired) electrons. The van der Waals surface area contributed by atoms with Gasteiger partial charge < -0.3 is 4.42 Å². The van der Waals surface area contributed by atoms with Crippen LogP contribution < -0.4 is 0 Å². The van der Waals surface area contributed by atoms with E-state index < -0.39 is 0 Å². The molecule has 136 valence electrons. The maximum Gasteiger partial charge on any atom is 0.200 e. The van der Waals surface area contributed by atoms with Crippen molar-refractivity contribution in [1.29, 1.82) is 0 Å². The lowest BCUT2D eigenvalue weighted by Gasteiger charge is -2.09. The molecule has 0 aliphatic heterocycles. The van der Waals surface area contributed by atoms with Crippen LogP contribution in [0.3, 0.4) is 0 Å². The first-order chi connectivity index (χ1) is 13.2. The Bertz CT molecular complexity index is 1050. The van der Waals surface area contributed by atoms with Crippen LogP contribution in [0.25, 0.3) is 11.6 Å². The molecule has 4 rings (SSSR count). The number of halogens is 2. The third kappa shape index (κ3) is 4.26. The first-order valence-corrected chi connectivity index (χ1v) is 10.3. The molecule has 0 unspecified atom stereocenters. The van der Waals surface area contributed by atoms with Crippen LogP contribution in [-0.4, -0.2) is 19.7 Å². The van der Waals surface area contributed by atoms with Gasteiger partial charge in [0.2, 0.25) is 5.82 Å². The maximum absolute atomic E-state index is 6.18. The Hall–Kier alpha value is -2.09. The molecule has 0 saturated carbocycles. The van der Waals surface area contributed by atoms with Crippen molar-refractivity contribution in [3.05, 3.63) is 81.7 Å². The molecule has 0 N–H and O–H groups in total. The zero-order valence-corrected chi connectivity index (χ0v) is 17.2. The van der Waals surface area contributed by atoms with Crippen molar-refractivity contribution in [3.63, 3.8) is 0 Å². The van der Waals surface area contributed by atoms with E-state index in [4.69, 9.17) is 16.0 Å². The van der Waals surface area contributed by atoms with Gasteiger partial charge in [0.25, 0.3) is 0 Å². The SMILES string of the molecule is Clc1ncccc1CSc1nnc(-c2ccc(Br)o2)n1Cc1ccccc1. The van der Waals surface area contributed by atoms with Gasteiger partial charge in [0.15, 0.2) is 15.6 Å². The fourth-order valence-electron chi connectivity index (χ4n) is 2.59. The van der Waals surface area contributed by atoms with Crippen molar-refractivity contribution in [1.82, 2.24) is 19.7 Å². The fourth-order valence-corrected chi connectivity index (χ4v) is 4.08. The van der Waals surface area contributed by atoms with Gasteiger partial charge in [-0.3, -0.25) is 4.57 Å². The summed E-state index contributed by atoms with van der Waals surface area (Å²) in [6.45, 7) is 0.643. The largest absolute Gasteiger partial charge is 0.446 e. The third-order valence-electron chi connectivity index (χ3n) is 3.89. The van der Waals surface area contributed by atoms with Crippen LogP contribution in [-0.2, 0) is 12.3 Å². The van der Waals surface area contributed by atoms with Crippen LogP contribution in [0.2, 0.25) is 5.15 Å². The number of nitrogens with zero attached hydrogens (tertiary/aromatic N) is 4. The number of benzene rings is 1. The zero-order valence-electron chi connectivity index (χ0n) is 14.0. The standard InChI is InChI=1S/C19H14BrClN4OS/c20-16-9-8-15(26-16)18-23-24-19(25(18)11-13-5-2-1-3-6-13)27-12-14-7-4-10-22-17(14)21/h1-10H,11-12H2. The van der Waals surface area contributed by atoms with Gasteiger partial charge in [-0.05, 0) is 45.3 Å². The summed E-state index contributed by atoms with van der Waals surface area (Å²) in [6, 6.07) is 17.8. The molecule has 0 bridgehead atoms. The smallest absolute Gasteiger partial charge is 0.200 e. The van der Waals surface area contributed by atoms with Crippen molar-refractivity contribution in [2.75, 3.05) is 0 Å². The molecule has 0 spiro atoms. The van der Waals surface area contributed by atoms with Crippen LogP contribution in [0.15, 0.2) is 75.0 Å². The van der Waals surface area contributed by atoms with Crippen LogP contribution in [0.1, 0.15) is 11.1 Å². The maximum atomic E-state index is 6.18. The van der Waals surface area contributed by atoms with Crippen LogP contribution in [0.4, 0.5) is 0 Å². The van der Waals surface area contributed by atoms with Gasteiger partial charge in [-0.1, -0.05) is 59.8 Å². The van der Waals surface area contributed by atoms with E-state index in [1.807, 2.05) is 42.5 Å². The van der Waals surface area contributed by atoms with E-state index in [9.17, 15) is 0 Å². The van der Waals surface area contributed by atoms with Gasteiger partial charge in [0.05, 0.1) is 6.54 Å². The van der Waals surface area contributed by atoms with Crippen molar-refractivity contribution in [2.24, 2.45) is 0 Å². The minimum atomic E-state index is 0.509. The lowest BCUT2D eigenvalue weighted by molar-refractivity contribution is 0.545. The Morgan fingerprint density at radius 2 is 1.89 bits per heavy atom. The number of thioether (sulfide) groups is 1. The quantitative estimate of drug-likeness (QED) is 0.273. The van der Waals surface area contributed by atoms with Gasteiger partial charge in [-0.2, -0.15) is 0 Å². The second-order valence-electron chi connectivity index (χ2n) is 5.72. The predicted molar refractivity (Wildman–Crippen MR) is 110 cm³/mol. The topological polar surface area (TPSA) is 56.7 Å². The normalized spacial score (nSPS) is 11.0. The minimum Gasteiger partial charge on any atom is -0.446 e. The van der Waals surface area contributed by atoms with E-state index in [2.05, 4.69) is 47.8 Å². The van der Waals surface area contributed by atoms with Crippen LogP contribution >= 0.6 is 39.3 Å². The Morgan fingerprint density at radius 3 is 2.63 bits per heavy atom. The van der Waals surface area contributed by atoms with Crippen molar-refractivity contribution in [2.45, 2.75) is 17.5 Å². The monoisotopic (exact) mass is 460 g/mol. The van der Waals surface area contributed by atoms with E-state index >= 15 is 0 Å². The summed E-state index contributed by atoms with van der Waals surface area (Å²) < 4.78 is 8.40. The molecule has 0 amide bonds. The highest BCUT2D eigenvalue weighted by molar-refractivity contribution is 9.10. The molecule has 0 saturated heterocycles. The summed E-state index contributed by atoms with van der Waals surface area (Å²) in [4.78, 5) is 4.13. The molecule has 27 heavy (non-hydrogen) atoms. The highest BCUT2D eigenvalue weighted by Gasteiger charge is 2.18. The van der Waals surface area contributed by atoms with Gasteiger partial charge >= 0.3 is 0 Å². The Balaban J connectivity index is 1.66. The fraction of sp³-hybridized carbons (Fsp3) is 0.105. The summed E-state index contributed by atoms with van der Waals surface area (Å²) in [5.74, 6) is 2.00. The van der Waals surface area contributed by atoms with Crippen molar-refractivity contribution < 1.29 is 4.42 Å². The summed E-state index contributed by atoms with van der Waals surface area (Å²) in [5.41, 5.74) is 2.12. The van der Waals surface area contributed by atoms with Gasteiger partial charge in [-0.15, -0.1) is 10.2 Å². The van der Waals surface area contributed by atoms with Gasteiger partial charge in [0.1, 0.15) is 5.15 Å². The first kappa shape index (κ1) is 18.3. The third-order valence-corrected chi connectivity index (χ3v) is 5.67.